The molecule has 6 heteroatoms. The second-order valence-electron chi connectivity index (χ2n) is 5.26. The number of nitrogens with one attached hydrogen (secondary N) is 1. The number of carbonyl (C=O) groups is 1. The van der Waals surface area contributed by atoms with E-state index in [2.05, 4.69) is 10.3 Å². The Kier molecular flexibility index (Phi) is 4.65. The first-order valence-electron chi connectivity index (χ1n) is 6.77. The molecule has 1 aromatic heterocycles. The summed E-state index contributed by atoms with van der Waals surface area (Å²) in [5.74, 6) is 0.564. The maximum atomic E-state index is 12.3. The van der Waals surface area contributed by atoms with E-state index in [9.17, 15) is 4.79 Å². The van der Waals surface area contributed by atoms with Crippen molar-refractivity contribution in [3.8, 4) is 11.3 Å². The van der Waals surface area contributed by atoms with Crippen molar-refractivity contribution in [1.82, 2.24) is 4.98 Å². The highest BCUT2D eigenvalue weighted by molar-refractivity contribution is 5.98. The van der Waals surface area contributed by atoms with Crippen LogP contribution < -0.4 is 11.1 Å². The highest BCUT2D eigenvalue weighted by Gasteiger charge is 2.36. The first-order valence-corrected chi connectivity index (χ1v) is 6.77. The number of carbonyl (C=O) groups excluding carboxylic acids is 1. The first-order chi connectivity index (χ1) is 9.67. The molecule has 5 nitrogen and oxygen atoms in total. The summed E-state index contributed by atoms with van der Waals surface area (Å²) in [6, 6.07) is 7.47. The van der Waals surface area contributed by atoms with Crippen LogP contribution in [-0.4, -0.2) is 16.4 Å². The molecule has 0 bridgehead atoms. The molecule has 1 heterocycles. The van der Waals surface area contributed by atoms with Gasteiger partial charge >= 0.3 is 0 Å². The Balaban J connectivity index is 0.00000161. The molecule has 0 spiro atoms. The zero-order chi connectivity index (χ0) is 14.0. The molecular formula is C15H18ClN3O2. The molecule has 21 heavy (non-hydrogen) atoms. The van der Waals surface area contributed by atoms with Gasteiger partial charge in [-0.2, -0.15) is 0 Å². The molecule has 0 saturated heterocycles. The molecule has 3 rings (SSSR count). The fraction of sp³-hybridized carbons (Fsp3) is 0.333. The lowest BCUT2D eigenvalue weighted by atomic mass is 9.98. The number of halogens is 1. The number of amides is 1. The quantitative estimate of drug-likeness (QED) is 0.913. The Labute approximate surface area is 129 Å². The molecule has 1 saturated carbocycles. The summed E-state index contributed by atoms with van der Waals surface area (Å²) in [5.41, 5.74) is 7.02. The van der Waals surface area contributed by atoms with E-state index in [1.807, 2.05) is 24.3 Å². The van der Waals surface area contributed by atoms with E-state index in [-0.39, 0.29) is 18.3 Å². The van der Waals surface area contributed by atoms with Gasteiger partial charge in [-0.05, 0) is 25.0 Å². The minimum absolute atomic E-state index is 0. The number of nitrogens with two attached hydrogens (primary N) is 1. The SMILES string of the molecule is Cl.NC1(C(=O)Nc2cccc(-c3cnco3)c2)CCCC1. The van der Waals surface area contributed by atoms with Gasteiger partial charge in [-0.3, -0.25) is 4.79 Å². The molecule has 1 aliphatic carbocycles. The van der Waals surface area contributed by atoms with E-state index in [1.54, 1.807) is 6.20 Å². The lowest BCUT2D eigenvalue weighted by molar-refractivity contribution is -0.121. The molecule has 2 aromatic rings. The summed E-state index contributed by atoms with van der Waals surface area (Å²) >= 11 is 0. The second-order valence-corrected chi connectivity index (χ2v) is 5.26. The molecule has 1 aliphatic rings. The largest absolute Gasteiger partial charge is 0.444 e. The van der Waals surface area contributed by atoms with Crippen molar-refractivity contribution in [2.24, 2.45) is 5.73 Å². The van der Waals surface area contributed by atoms with Gasteiger partial charge in [-0.25, -0.2) is 4.98 Å². The van der Waals surface area contributed by atoms with Gasteiger partial charge < -0.3 is 15.5 Å². The number of rotatable bonds is 3. The molecule has 1 aromatic carbocycles. The minimum Gasteiger partial charge on any atom is -0.444 e. The van der Waals surface area contributed by atoms with Crippen LogP contribution in [0, 0.1) is 0 Å². The molecule has 0 radical (unpaired) electrons. The lowest BCUT2D eigenvalue weighted by Gasteiger charge is -2.22. The third kappa shape index (κ3) is 3.25. The van der Waals surface area contributed by atoms with E-state index in [4.69, 9.17) is 10.2 Å². The van der Waals surface area contributed by atoms with E-state index < -0.39 is 5.54 Å². The Morgan fingerprint density at radius 1 is 1.33 bits per heavy atom. The third-order valence-electron chi connectivity index (χ3n) is 3.79. The summed E-state index contributed by atoms with van der Waals surface area (Å²) in [7, 11) is 0. The van der Waals surface area contributed by atoms with Gasteiger partial charge in [0.05, 0.1) is 11.7 Å². The summed E-state index contributed by atoms with van der Waals surface area (Å²) in [6.45, 7) is 0. The van der Waals surface area contributed by atoms with Crippen molar-refractivity contribution in [3.63, 3.8) is 0 Å². The highest BCUT2D eigenvalue weighted by Crippen LogP contribution is 2.29. The minimum atomic E-state index is -0.720. The normalized spacial score (nSPS) is 16.2. The van der Waals surface area contributed by atoms with Crippen molar-refractivity contribution < 1.29 is 9.21 Å². The third-order valence-corrected chi connectivity index (χ3v) is 3.79. The fourth-order valence-electron chi connectivity index (χ4n) is 2.60. The van der Waals surface area contributed by atoms with Crippen molar-refractivity contribution in [2.45, 2.75) is 31.2 Å². The molecule has 3 N–H and O–H groups in total. The van der Waals surface area contributed by atoms with Gasteiger partial charge in [0.15, 0.2) is 12.2 Å². The Bertz CT molecular complexity index is 607. The Morgan fingerprint density at radius 2 is 2.10 bits per heavy atom. The van der Waals surface area contributed by atoms with Crippen molar-refractivity contribution >= 4 is 24.0 Å². The number of oxazole rings is 1. The fourth-order valence-corrected chi connectivity index (χ4v) is 2.60. The molecule has 0 unspecified atom stereocenters. The highest BCUT2D eigenvalue weighted by atomic mass is 35.5. The monoisotopic (exact) mass is 307 g/mol. The average Bonchev–Trinajstić information content (AvgIpc) is 3.11. The van der Waals surface area contributed by atoms with E-state index >= 15 is 0 Å². The van der Waals surface area contributed by atoms with Gasteiger partial charge in [0.1, 0.15) is 0 Å². The van der Waals surface area contributed by atoms with Crippen molar-refractivity contribution in [2.75, 3.05) is 5.32 Å². The molecule has 1 amide bonds. The topological polar surface area (TPSA) is 81.2 Å². The van der Waals surface area contributed by atoms with Gasteiger partial charge in [0.25, 0.3) is 0 Å². The molecular weight excluding hydrogens is 290 g/mol. The first kappa shape index (κ1) is 15.5. The van der Waals surface area contributed by atoms with Crippen LogP contribution in [0.3, 0.4) is 0 Å². The zero-order valence-corrected chi connectivity index (χ0v) is 12.4. The predicted octanol–water partition coefficient (Wildman–Crippen LogP) is 2.97. The second kappa shape index (κ2) is 6.28. The van der Waals surface area contributed by atoms with E-state index in [0.717, 1.165) is 36.9 Å². The van der Waals surface area contributed by atoms with Gasteiger partial charge in [-0.15, -0.1) is 12.4 Å². The summed E-state index contributed by atoms with van der Waals surface area (Å²) in [6.07, 6.45) is 6.56. The van der Waals surface area contributed by atoms with Crippen molar-refractivity contribution in [3.05, 3.63) is 36.9 Å². The van der Waals surface area contributed by atoms with Gasteiger partial charge in [0, 0.05) is 11.3 Å². The van der Waals surface area contributed by atoms with E-state index in [0.29, 0.717) is 5.76 Å². The number of nitrogens with zero attached hydrogens (tertiary/aromatic N) is 1. The zero-order valence-electron chi connectivity index (χ0n) is 11.5. The van der Waals surface area contributed by atoms with Crippen LogP contribution >= 0.6 is 12.4 Å². The number of anilines is 1. The number of hydrogen-bond donors (Lipinski definition) is 2. The average molecular weight is 308 g/mol. The Morgan fingerprint density at radius 3 is 2.76 bits per heavy atom. The van der Waals surface area contributed by atoms with Crippen LogP contribution in [0.2, 0.25) is 0 Å². The van der Waals surface area contributed by atoms with Crippen LogP contribution in [-0.2, 0) is 4.79 Å². The van der Waals surface area contributed by atoms with Crippen LogP contribution in [0.4, 0.5) is 5.69 Å². The number of benzene rings is 1. The van der Waals surface area contributed by atoms with Gasteiger partial charge in [0.2, 0.25) is 5.91 Å². The number of hydrogen-bond acceptors (Lipinski definition) is 4. The maximum absolute atomic E-state index is 12.3. The maximum Gasteiger partial charge on any atom is 0.244 e. The lowest BCUT2D eigenvalue weighted by Crippen LogP contribution is -2.48. The van der Waals surface area contributed by atoms with Crippen LogP contribution in [0.1, 0.15) is 25.7 Å². The molecule has 1 fully saturated rings. The van der Waals surface area contributed by atoms with Crippen LogP contribution in [0.25, 0.3) is 11.3 Å². The summed E-state index contributed by atoms with van der Waals surface area (Å²) in [5, 5.41) is 2.90. The molecule has 0 atom stereocenters. The summed E-state index contributed by atoms with van der Waals surface area (Å²) in [4.78, 5) is 16.2. The molecule has 112 valence electrons. The van der Waals surface area contributed by atoms with Crippen LogP contribution in [0.15, 0.2) is 41.3 Å². The van der Waals surface area contributed by atoms with Crippen molar-refractivity contribution in [1.29, 1.82) is 0 Å². The smallest absolute Gasteiger partial charge is 0.244 e. The van der Waals surface area contributed by atoms with Crippen LogP contribution in [0.5, 0.6) is 0 Å². The standard InChI is InChI=1S/C15H17N3O2.ClH/c16-15(6-1-2-7-15)14(19)18-12-5-3-4-11(8-12)13-9-17-10-20-13;/h3-5,8-10H,1-2,6-7,16H2,(H,18,19);1H. The van der Waals surface area contributed by atoms with E-state index in [1.165, 1.54) is 6.39 Å². The van der Waals surface area contributed by atoms with Gasteiger partial charge in [-0.1, -0.05) is 25.0 Å². The molecule has 0 aliphatic heterocycles. The Hall–Kier alpha value is -1.85. The summed E-state index contributed by atoms with van der Waals surface area (Å²) < 4.78 is 5.25. The number of aromatic nitrogens is 1. The predicted molar refractivity (Wildman–Crippen MR) is 83.2 cm³/mol.